The van der Waals surface area contributed by atoms with Crippen molar-refractivity contribution in [1.29, 1.82) is 0 Å². The Morgan fingerprint density at radius 3 is 2.88 bits per heavy atom. The number of halogens is 1. The molecule has 0 atom stereocenters. The van der Waals surface area contributed by atoms with Crippen LogP contribution in [0.15, 0.2) is 16.7 Å². The Morgan fingerprint density at radius 1 is 1.47 bits per heavy atom. The zero-order valence-electron chi connectivity index (χ0n) is 10.8. The Hall–Kier alpha value is -0.610. The highest BCUT2D eigenvalue weighted by Gasteiger charge is 2.00. The van der Waals surface area contributed by atoms with Crippen molar-refractivity contribution in [2.45, 2.75) is 27.2 Å². The Labute approximate surface area is 112 Å². The second-order valence-electron chi connectivity index (χ2n) is 4.59. The molecule has 17 heavy (non-hydrogen) atoms. The average molecular weight is 301 g/mol. The van der Waals surface area contributed by atoms with Crippen LogP contribution in [0.1, 0.15) is 25.8 Å². The summed E-state index contributed by atoms with van der Waals surface area (Å²) < 4.78 is 6.52. The van der Waals surface area contributed by atoms with Gasteiger partial charge in [-0.25, -0.2) is 4.98 Å². The number of aromatic nitrogens is 1. The van der Waals surface area contributed by atoms with E-state index in [9.17, 15) is 0 Å². The lowest BCUT2D eigenvalue weighted by Gasteiger charge is -2.09. The van der Waals surface area contributed by atoms with Crippen molar-refractivity contribution in [3.8, 4) is 0 Å². The maximum absolute atomic E-state index is 5.51. The first-order valence-corrected chi connectivity index (χ1v) is 6.82. The monoisotopic (exact) mass is 300 g/mol. The normalized spacial score (nSPS) is 10.9. The van der Waals surface area contributed by atoms with Crippen molar-refractivity contribution in [3.05, 3.63) is 22.3 Å². The fourth-order valence-electron chi connectivity index (χ4n) is 1.36. The van der Waals surface area contributed by atoms with Crippen LogP contribution in [0, 0.1) is 12.8 Å². The lowest BCUT2D eigenvalue weighted by molar-refractivity contribution is 0.110. The lowest BCUT2D eigenvalue weighted by Crippen LogP contribution is -2.09. The summed E-state index contributed by atoms with van der Waals surface area (Å²) in [6.45, 7) is 8.87. The van der Waals surface area contributed by atoms with E-state index in [1.807, 2.05) is 13.1 Å². The van der Waals surface area contributed by atoms with Crippen LogP contribution in [0.5, 0.6) is 0 Å². The molecule has 0 aliphatic rings. The summed E-state index contributed by atoms with van der Waals surface area (Å²) in [4.78, 5) is 4.33. The topological polar surface area (TPSA) is 34.2 Å². The van der Waals surface area contributed by atoms with Crippen molar-refractivity contribution >= 4 is 21.7 Å². The standard InChI is InChI=1S/C13H21BrN2O/c1-10(2)9-17-6-4-5-15-13-12(14)7-11(3)8-16-13/h7-8,10H,4-6,9H2,1-3H3,(H,15,16). The summed E-state index contributed by atoms with van der Waals surface area (Å²) in [5.41, 5.74) is 1.16. The number of rotatable bonds is 7. The van der Waals surface area contributed by atoms with Gasteiger partial charge in [-0.2, -0.15) is 0 Å². The molecule has 3 nitrogen and oxygen atoms in total. The van der Waals surface area contributed by atoms with Crippen molar-refractivity contribution in [2.75, 3.05) is 25.1 Å². The van der Waals surface area contributed by atoms with Crippen LogP contribution < -0.4 is 5.32 Å². The number of nitrogens with zero attached hydrogens (tertiary/aromatic N) is 1. The number of ether oxygens (including phenoxy) is 1. The van der Waals surface area contributed by atoms with E-state index in [2.05, 4.69) is 46.1 Å². The summed E-state index contributed by atoms with van der Waals surface area (Å²) in [6.07, 6.45) is 2.86. The van der Waals surface area contributed by atoms with Crippen LogP contribution in [0.25, 0.3) is 0 Å². The first-order chi connectivity index (χ1) is 8.09. The van der Waals surface area contributed by atoms with Crippen LogP contribution >= 0.6 is 15.9 Å². The van der Waals surface area contributed by atoms with Gasteiger partial charge >= 0.3 is 0 Å². The molecule has 0 aromatic carbocycles. The van der Waals surface area contributed by atoms with Crippen molar-refractivity contribution in [3.63, 3.8) is 0 Å². The maximum atomic E-state index is 5.51. The molecule has 0 aliphatic carbocycles. The highest BCUT2D eigenvalue weighted by molar-refractivity contribution is 9.10. The smallest absolute Gasteiger partial charge is 0.140 e. The number of nitrogens with one attached hydrogen (secondary N) is 1. The summed E-state index contributed by atoms with van der Waals surface area (Å²) in [5.74, 6) is 1.51. The quantitative estimate of drug-likeness (QED) is 0.781. The molecular formula is C13H21BrN2O. The molecule has 1 aromatic rings. The predicted octanol–water partition coefficient (Wildman–Crippen LogP) is 3.63. The number of pyridine rings is 1. The van der Waals surface area contributed by atoms with Gasteiger partial charge in [-0.15, -0.1) is 0 Å². The Morgan fingerprint density at radius 2 is 2.24 bits per heavy atom. The zero-order valence-corrected chi connectivity index (χ0v) is 12.4. The molecule has 0 amide bonds. The molecule has 4 heteroatoms. The molecule has 1 aromatic heterocycles. The van der Waals surface area contributed by atoms with E-state index in [-0.39, 0.29) is 0 Å². The molecule has 0 spiro atoms. The molecule has 1 N–H and O–H groups in total. The van der Waals surface area contributed by atoms with Crippen LogP contribution in [0.3, 0.4) is 0 Å². The van der Waals surface area contributed by atoms with E-state index < -0.39 is 0 Å². The first kappa shape index (κ1) is 14.5. The minimum atomic E-state index is 0.607. The van der Waals surface area contributed by atoms with E-state index in [1.54, 1.807) is 0 Å². The van der Waals surface area contributed by atoms with Gasteiger partial charge < -0.3 is 10.1 Å². The van der Waals surface area contributed by atoms with Crippen LogP contribution in [-0.4, -0.2) is 24.7 Å². The molecule has 1 rings (SSSR count). The predicted molar refractivity (Wildman–Crippen MR) is 75.4 cm³/mol. The number of hydrogen-bond acceptors (Lipinski definition) is 3. The number of anilines is 1. The van der Waals surface area contributed by atoms with Gasteiger partial charge in [0.2, 0.25) is 0 Å². The highest BCUT2D eigenvalue weighted by atomic mass is 79.9. The van der Waals surface area contributed by atoms with Gasteiger partial charge in [0.25, 0.3) is 0 Å². The van der Waals surface area contributed by atoms with Crippen LogP contribution in [-0.2, 0) is 4.74 Å². The first-order valence-electron chi connectivity index (χ1n) is 6.03. The summed E-state index contributed by atoms with van der Waals surface area (Å²) in [6, 6.07) is 2.06. The Kier molecular flexibility index (Phi) is 6.52. The van der Waals surface area contributed by atoms with Crippen LogP contribution in [0.2, 0.25) is 0 Å². The molecule has 0 unspecified atom stereocenters. The molecule has 0 saturated heterocycles. The fraction of sp³-hybridized carbons (Fsp3) is 0.615. The number of hydrogen-bond donors (Lipinski definition) is 1. The van der Waals surface area contributed by atoms with E-state index in [4.69, 9.17) is 4.74 Å². The third kappa shape index (κ3) is 6.03. The Bertz CT molecular complexity index is 342. The van der Waals surface area contributed by atoms with Crippen molar-refractivity contribution in [1.82, 2.24) is 4.98 Å². The summed E-state index contributed by atoms with van der Waals surface area (Å²) in [7, 11) is 0. The summed E-state index contributed by atoms with van der Waals surface area (Å²) in [5, 5.41) is 3.29. The van der Waals surface area contributed by atoms with Gasteiger partial charge in [-0.1, -0.05) is 13.8 Å². The molecule has 0 radical (unpaired) electrons. The molecular weight excluding hydrogens is 280 g/mol. The average Bonchev–Trinajstić information content (AvgIpc) is 2.25. The third-order valence-corrected chi connectivity index (χ3v) is 2.79. The minimum Gasteiger partial charge on any atom is -0.381 e. The van der Waals surface area contributed by atoms with Crippen LogP contribution in [0.4, 0.5) is 5.82 Å². The molecule has 96 valence electrons. The van der Waals surface area contributed by atoms with Crippen molar-refractivity contribution in [2.24, 2.45) is 5.92 Å². The molecule has 0 bridgehead atoms. The van der Waals surface area contributed by atoms with Gasteiger partial charge in [0.15, 0.2) is 0 Å². The van der Waals surface area contributed by atoms with Gasteiger partial charge in [0.1, 0.15) is 5.82 Å². The summed E-state index contributed by atoms with van der Waals surface area (Å²) >= 11 is 3.49. The second kappa shape index (κ2) is 7.67. The van der Waals surface area contributed by atoms with Gasteiger partial charge in [-0.3, -0.25) is 0 Å². The third-order valence-electron chi connectivity index (χ3n) is 2.19. The fourth-order valence-corrected chi connectivity index (χ4v) is 1.97. The van der Waals surface area contributed by atoms with Gasteiger partial charge in [0, 0.05) is 26.0 Å². The number of aryl methyl sites for hydroxylation is 1. The Balaban J connectivity index is 2.18. The second-order valence-corrected chi connectivity index (χ2v) is 5.45. The van der Waals surface area contributed by atoms with Gasteiger partial charge in [0.05, 0.1) is 4.47 Å². The SMILES string of the molecule is Cc1cnc(NCCCOCC(C)C)c(Br)c1. The molecule has 0 fully saturated rings. The zero-order chi connectivity index (χ0) is 12.7. The van der Waals surface area contributed by atoms with E-state index >= 15 is 0 Å². The molecule has 0 aliphatic heterocycles. The highest BCUT2D eigenvalue weighted by Crippen LogP contribution is 2.20. The molecule has 0 saturated carbocycles. The molecule has 1 heterocycles. The van der Waals surface area contributed by atoms with Crippen molar-refractivity contribution < 1.29 is 4.74 Å². The van der Waals surface area contributed by atoms with E-state index in [1.165, 1.54) is 0 Å². The van der Waals surface area contributed by atoms with Gasteiger partial charge in [-0.05, 0) is 46.8 Å². The lowest BCUT2D eigenvalue weighted by atomic mass is 10.2. The largest absolute Gasteiger partial charge is 0.381 e. The maximum Gasteiger partial charge on any atom is 0.140 e. The van der Waals surface area contributed by atoms with E-state index in [0.29, 0.717) is 5.92 Å². The minimum absolute atomic E-state index is 0.607. The van der Waals surface area contributed by atoms with E-state index in [0.717, 1.165) is 42.0 Å².